The summed E-state index contributed by atoms with van der Waals surface area (Å²) in [5, 5.41) is 11.5. The van der Waals surface area contributed by atoms with E-state index in [9.17, 15) is 10.1 Å². The lowest BCUT2D eigenvalue weighted by molar-refractivity contribution is -0.384. The van der Waals surface area contributed by atoms with Crippen molar-refractivity contribution in [3.05, 3.63) is 33.3 Å². The number of para-hydroxylation sites is 1. The van der Waals surface area contributed by atoms with Crippen molar-refractivity contribution in [1.29, 1.82) is 0 Å². The molecule has 2 rings (SSSR count). The van der Waals surface area contributed by atoms with Crippen LogP contribution in [0.15, 0.2) is 18.2 Å². The predicted molar refractivity (Wildman–Crippen MR) is 68.8 cm³/mol. The highest BCUT2D eigenvalue weighted by atomic mass is 35.5. The number of benzene rings is 1. The molecule has 5 heteroatoms. The van der Waals surface area contributed by atoms with Gasteiger partial charge in [-0.2, -0.15) is 0 Å². The van der Waals surface area contributed by atoms with E-state index in [1.54, 1.807) is 12.1 Å². The van der Waals surface area contributed by atoms with E-state index in [1.165, 1.54) is 18.9 Å². The quantitative estimate of drug-likeness (QED) is 0.598. The van der Waals surface area contributed by atoms with Crippen LogP contribution in [0.2, 0.25) is 5.02 Å². The van der Waals surface area contributed by atoms with Crippen LogP contribution in [0.25, 0.3) is 0 Å². The Morgan fingerprint density at radius 2 is 1.82 bits per heavy atom. The van der Waals surface area contributed by atoms with E-state index in [0.29, 0.717) is 10.7 Å². The van der Waals surface area contributed by atoms with E-state index in [4.69, 9.17) is 11.6 Å². The van der Waals surface area contributed by atoms with E-state index < -0.39 is 0 Å². The van der Waals surface area contributed by atoms with Gasteiger partial charge in [-0.25, -0.2) is 0 Å². The summed E-state index contributed by atoms with van der Waals surface area (Å²) in [7, 11) is 0. The maximum atomic E-state index is 11.0. The van der Waals surface area contributed by atoms with Gasteiger partial charge in [0.1, 0.15) is 5.69 Å². The molecule has 0 spiro atoms. The first-order chi connectivity index (χ1) is 8.20. The fraction of sp³-hybridized carbons (Fsp3) is 0.500. The molecule has 0 saturated carbocycles. The Morgan fingerprint density at radius 1 is 1.18 bits per heavy atom. The topological polar surface area (TPSA) is 46.4 Å². The molecule has 1 aromatic carbocycles. The second-order valence-electron chi connectivity index (χ2n) is 4.27. The molecule has 0 amide bonds. The molecular formula is C12H15ClN2O2. The van der Waals surface area contributed by atoms with Crippen molar-refractivity contribution in [2.24, 2.45) is 0 Å². The maximum absolute atomic E-state index is 11.0. The molecule has 92 valence electrons. The first-order valence-electron chi connectivity index (χ1n) is 5.88. The Bertz CT molecular complexity index is 415. The molecule has 4 nitrogen and oxygen atoms in total. The summed E-state index contributed by atoms with van der Waals surface area (Å²) < 4.78 is 0. The minimum atomic E-state index is -0.355. The number of nitro groups is 1. The second-order valence-corrected chi connectivity index (χ2v) is 4.67. The molecule has 0 radical (unpaired) electrons. The lowest BCUT2D eigenvalue weighted by Crippen LogP contribution is -2.25. The van der Waals surface area contributed by atoms with Crippen molar-refractivity contribution in [3.8, 4) is 0 Å². The Balaban J connectivity index is 2.37. The maximum Gasteiger partial charge on any atom is 0.294 e. The highest BCUT2D eigenvalue weighted by Crippen LogP contribution is 2.36. The Morgan fingerprint density at radius 3 is 2.41 bits per heavy atom. The highest BCUT2D eigenvalue weighted by molar-refractivity contribution is 6.33. The van der Waals surface area contributed by atoms with Crippen LogP contribution >= 0.6 is 11.6 Å². The summed E-state index contributed by atoms with van der Waals surface area (Å²) in [6.07, 6.45) is 4.52. The zero-order chi connectivity index (χ0) is 12.3. The molecule has 1 aliphatic rings. The van der Waals surface area contributed by atoms with Crippen LogP contribution in [0.5, 0.6) is 0 Å². The van der Waals surface area contributed by atoms with Crippen LogP contribution in [-0.2, 0) is 0 Å². The molecule has 0 bridgehead atoms. The molecular weight excluding hydrogens is 240 g/mol. The van der Waals surface area contributed by atoms with E-state index in [2.05, 4.69) is 0 Å². The molecule has 0 unspecified atom stereocenters. The third-order valence-corrected chi connectivity index (χ3v) is 3.39. The summed E-state index contributed by atoms with van der Waals surface area (Å²) in [6.45, 7) is 1.70. The average Bonchev–Trinajstić information content (AvgIpc) is 2.57. The van der Waals surface area contributed by atoms with Crippen LogP contribution in [0.4, 0.5) is 11.4 Å². The second kappa shape index (κ2) is 5.36. The zero-order valence-electron chi connectivity index (χ0n) is 9.56. The van der Waals surface area contributed by atoms with Gasteiger partial charge in [0, 0.05) is 19.2 Å². The Labute approximate surface area is 105 Å². The highest BCUT2D eigenvalue weighted by Gasteiger charge is 2.22. The smallest absolute Gasteiger partial charge is 0.294 e. The molecule has 1 aromatic rings. The molecule has 0 atom stereocenters. The number of halogens is 1. The summed E-state index contributed by atoms with van der Waals surface area (Å²) in [5.74, 6) is 0. The van der Waals surface area contributed by atoms with Gasteiger partial charge in [-0.15, -0.1) is 0 Å². The van der Waals surface area contributed by atoms with E-state index >= 15 is 0 Å². The first kappa shape index (κ1) is 12.2. The van der Waals surface area contributed by atoms with Crippen LogP contribution < -0.4 is 4.90 Å². The van der Waals surface area contributed by atoms with Crippen molar-refractivity contribution < 1.29 is 4.92 Å². The van der Waals surface area contributed by atoms with Crippen molar-refractivity contribution in [3.63, 3.8) is 0 Å². The number of rotatable bonds is 2. The van der Waals surface area contributed by atoms with Crippen molar-refractivity contribution in [1.82, 2.24) is 0 Å². The Hall–Kier alpha value is -1.29. The van der Waals surface area contributed by atoms with E-state index in [1.807, 2.05) is 4.90 Å². The first-order valence-corrected chi connectivity index (χ1v) is 6.26. The largest absolute Gasteiger partial charge is 0.365 e. The molecule has 17 heavy (non-hydrogen) atoms. The molecule has 0 N–H and O–H groups in total. The lowest BCUT2D eigenvalue weighted by atomic mass is 10.2. The van der Waals surface area contributed by atoms with Crippen LogP contribution in [0.3, 0.4) is 0 Å². The Kier molecular flexibility index (Phi) is 3.84. The van der Waals surface area contributed by atoms with Gasteiger partial charge in [0.05, 0.1) is 9.95 Å². The van der Waals surface area contributed by atoms with Crippen LogP contribution in [0.1, 0.15) is 25.7 Å². The standard InChI is InChI=1S/C12H15ClN2O2/c13-10-6-5-7-11(15(16)17)12(10)14-8-3-1-2-4-9-14/h5-7H,1-4,8-9H2. The van der Waals surface area contributed by atoms with Crippen LogP contribution in [-0.4, -0.2) is 18.0 Å². The van der Waals surface area contributed by atoms with Crippen molar-refractivity contribution >= 4 is 23.0 Å². The van der Waals surface area contributed by atoms with Gasteiger partial charge in [0.25, 0.3) is 5.69 Å². The summed E-state index contributed by atoms with van der Waals surface area (Å²) in [4.78, 5) is 12.7. The number of hydrogen-bond donors (Lipinski definition) is 0. The summed E-state index contributed by atoms with van der Waals surface area (Å²) >= 11 is 6.11. The molecule has 0 aromatic heterocycles. The molecule has 1 saturated heterocycles. The predicted octanol–water partition coefficient (Wildman–Crippen LogP) is 3.63. The fourth-order valence-electron chi connectivity index (χ4n) is 2.26. The van der Waals surface area contributed by atoms with E-state index in [0.717, 1.165) is 25.9 Å². The van der Waals surface area contributed by atoms with Gasteiger partial charge in [-0.3, -0.25) is 10.1 Å². The van der Waals surface area contributed by atoms with Gasteiger partial charge in [-0.1, -0.05) is 30.5 Å². The molecule has 1 aliphatic heterocycles. The number of hydrogen-bond acceptors (Lipinski definition) is 3. The molecule has 0 aliphatic carbocycles. The van der Waals surface area contributed by atoms with Gasteiger partial charge in [0.2, 0.25) is 0 Å². The van der Waals surface area contributed by atoms with E-state index in [-0.39, 0.29) is 10.6 Å². The number of nitrogens with zero attached hydrogens (tertiary/aromatic N) is 2. The van der Waals surface area contributed by atoms with Gasteiger partial charge < -0.3 is 4.90 Å². The molecule has 1 fully saturated rings. The zero-order valence-corrected chi connectivity index (χ0v) is 10.3. The van der Waals surface area contributed by atoms with Gasteiger partial charge >= 0.3 is 0 Å². The third-order valence-electron chi connectivity index (χ3n) is 3.08. The third kappa shape index (κ3) is 2.69. The van der Waals surface area contributed by atoms with Crippen LogP contribution in [0, 0.1) is 10.1 Å². The minimum Gasteiger partial charge on any atom is -0.365 e. The normalized spacial score (nSPS) is 16.6. The summed E-state index contributed by atoms with van der Waals surface area (Å²) in [6, 6.07) is 4.86. The SMILES string of the molecule is O=[N+]([O-])c1cccc(Cl)c1N1CCCCCC1. The lowest BCUT2D eigenvalue weighted by Gasteiger charge is -2.23. The fourth-order valence-corrected chi connectivity index (χ4v) is 2.55. The number of anilines is 1. The van der Waals surface area contributed by atoms with Crippen molar-refractivity contribution in [2.75, 3.05) is 18.0 Å². The number of nitro benzene ring substituents is 1. The average molecular weight is 255 g/mol. The molecule has 1 heterocycles. The van der Waals surface area contributed by atoms with Crippen molar-refractivity contribution in [2.45, 2.75) is 25.7 Å². The van der Waals surface area contributed by atoms with Gasteiger partial charge in [-0.05, 0) is 18.9 Å². The van der Waals surface area contributed by atoms with Gasteiger partial charge in [0.15, 0.2) is 0 Å². The monoisotopic (exact) mass is 254 g/mol. The minimum absolute atomic E-state index is 0.111. The summed E-state index contributed by atoms with van der Waals surface area (Å²) in [5.41, 5.74) is 0.695.